The third kappa shape index (κ3) is 7.75. The van der Waals surface area contributed by atoms with Gasteiger partial charge in [0.1, 0.15) is 17.9 Å². The molecule has 1 aliphatic rings. The highest BCUT2D eigenvalue weighted by molar-refractivity contribution is 5.84. The van der Waals surface area contributed by atoms with Gasteiger partial charge in [0.05, 0.1) is 30.5 Å². The Labute approximate surface area is 195 Å². The van der Waals surface area contributed by atoms with Gasteiger partial charge in [0.15, 0.2) is 5.82 Å². The lowest BCUT2D eigenvalue weighted by Crippen LogP contribution is -2.23. The molecule has 0 aliphatic carbocycles. The fourth-order valence-corrected chi connectivity index (χ4v) is 3.11. The summed E-state index contributed by atoms with van der Waals surface area (Å²) in [5.74, 6) is 0.430. The standard InChI is InChI=1S/C21H23FN4O3.2C2H6/c1-13(10-26-12-24-20(23-4)14(2)21(26)27)29-25-15(3)17-9-19(28-11-17)16-5-7-18(22)8-6-16;2*1-2/h5-8,12,17,19H,1,4,9-11H2,2-3H3;2*1-2H3/b25-15+;;/t17?,19-;;/m1../s1. The maximum Gasteiger partial charge on any atom is 0.258 e. The van der Waals surface area contributed by atoms with E-state index in [0.29, 0.717) is 23.7 Å². The molecule has 1 aliphatic heterocycles. The van der Waals surface area contributed by atoms with E-state index in [9.17, 15) is 9.18 Å². The van der Waals surface area contributed by atoms with Crippen molar-refractivity contribution >= 4 is 18.2 Å². The van der Waals surface area contributed by atoms with E-state index in [1.54, 1.807) is 19.1 Å². The van der Waals surface area contributed by atoms with Crippen LogP contribution in [0, 0.1) is 18.7 Å². The van der Waals surface area contributed by atoms with Gasteiger partial charge >= 0.3 is 0 Å². The summed E-state index contributed by atoms with van der Waals surface area (Å²) in [6, 6.07) is 6.31. The molecule has 1 aromatic heterocycles. The fraction of sp³-hybridized carbons (Fsp3) is 0.440. The second-order valence-corrected chi connectivity index (χ2v) is 6.95. The minimum absolute atomic E-state index is 0.0856. The van der Waals surface area contributed by atoms with Crippen molar-refractivity contribution in [1.29, 1.82) is 0 Å². The zero-order chi connectivity index (χ0) is 25.0. The molecule has 0 saturated carbocycles. The molecule has 2 aromatic rings. The molecular weight excluding hydrogens is 423 g/mol. The van der Waals surface area contributed by atoms with Gasteiger partial charge in [0.2, 0.25) is 0 Å². The van der Waals surface area contributed by atoms with Gasteiger partial charge in [-0.2, -0.15) is 0 Å². The van der Waals surface area contributed by atoms with Crippen LogP contribution in [0.15, 0.2) is 57.9 Å². The summed E-state index contributed by atoms with van der Waals surface area (Å²) < 4.78 is 20.3. The highest BCUT2D eigenvalue weighted by Crippen LogP contribution is 2.33. The van der Waals surface area contributed by atoms with E-state index in [0.717, 1.165) is 17.7 Å². The number of oxime groups is 1. The van der Waals surface area contributed by atoms with Gasteiger partial charge in [0.25, 0.3) is 5.56 Å². The zero-order valence-corrected chi connectivity index (χ0v) is 20.5. The molecule has 1 unspecified atom stereocenters. The molecule has 1 aromatic carbocycles. The first-order valence-electron chi connectivity index (χ1n) is 11.2. The Morgan fingerprint density at radius 2 is 1.91 bits per heavy atom. The number of aromatic nitrogens is 2. The maximum absolute atomic E-state index is 13.1. The van der Waals surface area contributed by atoms with Crippen LogP contribution >= 0.6 is 0 Å². The molecule has 0 radical (unpaired) electrons. The number of benzene rings is 1. The summed E-state index contributed by atoms with van der Waals surface area (Å²) in [4.78, 5) is 25.5. The van der Waals surface area contributed by atoms with E-state index >= 15 is 0 Å². The van der Waals surface area contributed by atoms with Crippen molar-refractivity contribution < 1.29 is 14.0 Å². The Bertz CT molecular complexity index is 1000. The Morgan fingerprint density at radius 1 is 1.27 bits per heavy atom. The first-order chi connectivity index (χ1) is 15.9. The van der Waals surface area contributed by atoms with Crippen LogP contribution in [0.1, 0.15) is 58.3 Å². The second-order valence-electron chi connectivity index (χ2n) is 6.95. The zero-order valence-electron chi connectivity index (χ0n) is 20.5. The van der Waals surface area contributed by atoms with Gasteiger partial charge in [-0.25, -0.2) is 14.4 Å². The lowest BCUT2D eigenvalue weighted by molar-refractivity contribution is 0.109. The number of halogens is 1. The van der Waals surface area contributed by atoms with Crippen molar-refractivity contribution in [3.8, 4) is 0 Å². The quantitative estimate of drug-likeness (QED) is 0.300. The van der Waals surface area contributed by atoms with Crippen molar-refractivity contribution in [2.45, 2.75) is 60.6 Å². The summed E-state index contributed by atoms with van der Waals surface area (Å²) in [6.45, 7) is 19.3. The van der Waals surface area contributed by atoms with Crippen LogP contribution < -0.4 is 5.56 Å². The minimum Gasteiger partial charge on any atom is -0.373 e. The summed E-state index contributed by atoms with van der Waals surface area (Å²) >= 11 is 0. The summed E-state index contributed by atoms with van der Waals surface area (Å²) in [6.07, 6.45) is 2.01. The molecule has 0 spiro atoms. The van der Waals surface area contributed by atoms with Gasteiger partial charge in [-0.15, -0.1) is 0 Å². The summed E-state index contributed by atoms with van der Waals surface area (Å²) in [5.41, 5.74) is 1.87. The van der Waals surface area contributed by atoms with E-state index < -0.39 is 0 Å². The Hall–Kier alpha value is -3.13. The molecule has 7 nitrogen and oxygen atoms in total. The first-order valence-corrected chi connectivity index (χ1v) is 11.2. The molecule has 0 N–H and O–H groups in total. The molecule has 3 rings (SSSR count). The van der Waals surface area contributed by atoms with E-state index in [1.165, 1.54) is 23.0 Å². The van der Waals surface area contributed by atoms with E-state index in [4.69, 9.17) is 9.57 Å². The number of rotatable bonds is 7. The van der Waals surface area contributed by atoms with Gasteiger partial charge in [-0.1, -0.05) is 51.6 Å². The fourth-order valence-electron chi connectivity index (χ4n) is 3.11. The van der Waals surface area contributed by atoms with Crippen molar-refractivity contribution in [2.75, 3.05) is 6.61 Å². The van der Waals surface area contributed by atoms with Crippen LogP contribution in [0.4, 0.5) is 10.2 Å². The number of hydrogen-bond donors (Lipinski definition) is 0. The topological polar surface area (TPSA) is 78.1 Å². The molecule has 1 saturated heterocycles. The van der Waals surface area contributed by atoms with E-state index in [-0.39, 0.29) is 29.9 Å². The van der Waals surface area contributed by atoms with E-state index in [2.05, 4.69) is 28.4 Å². The SMILES string of the molecule is C=Nc1ncn(CC(=C)O/N=C(\C)C2CO[C@@H](c3ccc(F)cc3)C2)c(=O)c1C.CC.CC. The highest BCUT2D eigenvalue weighted by atomic mass is 19.1. The van der Waals surface area contributed by atoms with Crippen molar-refractivity contribution in [3.63, 3.8) is 0 Å². The number of nitrogens with zero attached hydrogens (tertiary/aromatic N) is 4. The average Bonchev–Trinajstić information content (AvgIpc) is 3.34. The second kappa shape index (κ2) is 14.1. The van der Waals surface area contributed by atoms with Gasteiger partial charge in [-0.05, 0) is 44.7 Å². The summed E-state index contributed by atoms with van der Waals surface area (Å²) in [5, 5.41) is 4.14. The van der Waals surface area contributed by atoms with Gasteiger partial charge in [0, 0.05) is 5.92 Å². The van der Waals surface area contributed by atoms with Crippen LogP contribution in [0.3, 0.4) is 0 Å². The number of allylic oxidation sites excluding steroid dienone is 1. The van der Waals surface area contributed by atoms with E-state index in [1.807, 2.05) is 34.6 Å². The first kappa shape index (κ1) is 27.9. The van der Waals surface area contributed by atoms with Crippen molar-refractivity contribution in [3.05, 3.63) is 70.2 Å². The number of ether oxygens (including phenoxy) is 1. The third-order valence-corrected chi connectivity index (χ3v) is 4.88. The molecule has 180 valence electrons. The maximum atomic E-state index is 13.1. The van der Waals surface area contributed by atoms with Gasteiger partial charge < -0.3 is 9.57 Å². The molecule has 2 heterocycles. The number of hydrogen-bond acceptors (Lipinski definition) is 6. The van der Waals surface area contributed by atoms with Crippen LogP contribution in [-0.2, 0) is 16.1 Å². The smallest absolute Gasteiger partial charge is 0.258 e. The summed E-state index contributed by atoms with van der Waals surface area (Å²) in [7, 11) is 0. The normalized spacial score (nSPS) is 17.2. The predicted octanol–water partition coefficient (Wildman–Crippen LogP) is 5.76. The molecule has 8 heteroatoms. The van der Waals surface area contributed by atoms with Crippen LogP contribution in [0.2, 0.25) is 0 Å². The van der Waals surface area contributed by atoms with Crippen molar-refractivity contribution in [2.24, 2.45) is 16.1 Å². The molecule has 1 fully saturated rings. The Kier molecular flexibility index (Phi) is 11.9. The third-order valence-electron chi connectivity index (χ3n) is 4.88. The molecular formula is C25H35FN4O3. The highest BCUT2D eigenvalue weighted by Gasteiger charge is 2.29. The van der Waals surface area contributed by atoms with Gasteiger partial charge in [-0.3, -0.25) is 9.36 Å². The predicted molar refractivity (Wildman–Crippen MR) is 132 cm³/mol. The average molecular weight is 459 g/mol. The van der Waals surface area contributed by atoms with Crippen LogP contribution in [-0.4, -0.2) is 28.6 Å². The lowest BCUT2D eigenvalue weighted by Gasteiger charge is -2.11. The number of aliphatic imine (C=N–C) groups is 1. The van der Waals surface area contributed by atoms with Crippen molar-refractivity contribution in [1.82, 2.24) is 9.55 Å². The molecule has 0 bridgehead atoms. The van der Waals surface area contributed by atoms with Crippen LogP contribution in [0.5, 0.6) is 0 Å². The Morgan fingerprint density at radius 3 is 2.52 bits per heavy atom. The molecule has 33 heavy (non-hydrogen) atoms. The molecule has 2 atom stereocenters. The largest absolute Gasteiger partial charge is 0.373 e. The lowest BCUT2D eigenvalue weighted by atomic mass is 9.97. The molecule has 0 amide bonds. The monoisotopic (exact) mass is 458 g/mol. The Balaban J connectivity index is 0.00000129. The van der Waals surface area contributed by atoms with Crippen LogP contribution in [0.25, 0.3) is 0 Å². The minimum atomic E-state index is -0.271.